The molecule has 2 rings (SSSR count). The third kappa shape index (κ3) is 3.04. The minimum atomic E-state index is 0.0204. The fraction of sp³-hybridized carbons (Fsp3) is 0.200. The zero-order valence-electron chi connectivity index (χ0n) is 10.7. The second kappa shape index (κ2) is 6.31. The van der Waals surface area contributed by atoms with Crippen LogP contribution in [0, 0.1) is 0 Å². The maximum atomic E-state index is 6.16. The van der Waals surface area contributed by atoms with E-state index in [0.717, 1.165) is 16.9 Å². The second-order valence-electron chi connectivity index (χ2n) is 4.00. The molecule has 0 amide bonds. The van der Waals surface area contributed by atoms with E-state index in [1.54, 1.807) is 14.2 Å². The topological polar surface area (TPSA) is 18.5 Å². The van der Waals surface area contributed by atoms with E-state index in [0.29, 0.717) is 10.8 Å². The van der Waals surface area contributed by atoms with Crippen molar-refractivity contribution in [3.63, 3.8) is 0 Å². The van der Waals surface area contributed by atoms with E-state index in [9.17, 15) is 0 Å². The Balaban J connectivity index is 2.38. The van der Waals surface area contributed by atoms with Crippen LogP contribution in [0.5, 0.6) is 11.5 Å². The van der Waals surface area contributed by atoms with Gasteiger partial charge < -0.3 is 9.47 Å². The van der Waals surface area contributed by atoms with Crippen LogP contribution in [0.15, 0.2) is 42.5 Å². The first-order valence-corrected chi connectivity index (χ1v) is 7.07. The normalized spacial score (nSPS) is 12.0. The van der Waals surface area contributed by atoms with E-state index < -0.39 is 0 Å². The maximum Gasteiger partial charge on any atom is 0.137 e. The number of alkyl halides is 1. The second-order valence-corrected chi connectivity index (χ2v) is 5.32. The van der Waals surface area contributed by atoms with Gasteiger partial charge in [-0.05, 0) is 23.8 Å². The summed E-state index contributed by atoms with van der Waals surface area (Å²) in [6, 6.07) is 13.6. The molecule has 100 valence electrons. The van der Waals surface area contributed by atoms with Gasteiger partial charge in [-0.1, -0.05) is 51.8 Å². The molecule has 0 aliphatic carbocycles. The smallest absolute Gasteiger partial charge is 0.137 e. The highest BCUT2D eigenvalue weighted by atomic mass is 79.9. The van der Waals surface area contributed by atoms with Gasteiger partial charge in [0.15, 0.2) is 0 Å². The average molecular weight is 342 g/mol. The molecule has 0 aromatic heterocycles. The molecule has 2 aromatic carbocycles. The lowest BCUT2D eigenvalue weighted by Crippen LogP contribution is -1.97. The fourth-order valence-corrected chi connectivity index (χ4v) is 2.82. The summed E-state index contributed by atoms with van der Waals surface area (Å²) in [6.45, 7) is 0. The molecule has 0 radical (unpaired) electrons. The van der Waals surface area contributed by atoms with Gasteiger partial charge in [-0.15, -0.1) is 0 Å². The Labute approximate surface area is 126 Å². The van der Waals surface area contributed by atoms with Gasteiger partial charge in [0, 0.05) is 5.56 Å². The zero-order chi connectivity index (χ0) is 13.8. The molecule has 0 fully saturated rings. The molecule has 19 heavy (non-hydrogen) atoms. The zero-order valence-corrected chi connectivity index (χ0v) is 13.0. The predicted octanol–water partition coefficient (Wildman–Crippen LogP) is 4.84. The van der Waals surface area contributed by atoms with Crippen LogP contribution in [0.3, 0.4) is 0 Å². The Hall–Kier alpha value is -1.19. The molecule has 0 spiro atoms. The average Bonchev–Trinajstić information content (AvgIpc) is 2.46. The van der Waals surface area contributed by atoms with Crippen molar-refractivity contribution < 1.29 is 9.47 Å². The molecular formula is C15H14BrClO2. The predicted molar refractivity (Wildman–Crippen MR) is 81.8 cm³/mol. The van der Waals surface area contributed by atoms with Crippen LogP contribution in [0.4, 0.5) is 0 Å². The quantitative estimate of drug-likeness (QED) is 0.741. The summed E-state index contributed by atoms with van der Waals surface area (Å²) in [5, 5.41) is 0.597. The molecule has 1 unspecified atom stereocenters. The molecule has 0 heterocycles. The molecule has 0 saturated heterocycles. The van der Waals surface area contributed by atoms with Gasteiger partial charge in [0.05, 0.1) is 24.1 Å². The fourth-order valence-electron chi connectivity index (χ4n) is 1.90. The van der Waals surface area contributed by atoms with Crippen molar-refractivity contribution in [2.24, 2.45) is 0 Å². The SMILES string of the molecule is COc1ccc(C(Br)c2ccccc2OC)cc1Cl. The van der Waals surface area contributed by atoms with Crippen molar-refractivity contribution in [2.45, 2.75) is 4.83 Å². The van der Waals surface area contributed by atoms with Crippen molar-refractivity contribution in [1.29, 1.82) is 0 Å². The Morgan fingerprint density at radius 2 is 1.68 bits per heavy atom. The van der Waals surface area contributed by atoms with Gasteiger partial charge in [-0.3, -0.25) is 0 Å². The Morgan fingerprint density at radius 3 is 2.32 bits per heavy atom. The molecular weight excluding hydrogens is 328 g/mol. The number of hydrogen-bond acceptors (Lipinski definition) is 2. The first-order chi connectivity index (χ1) is 9.17. The molecule has 2 nitrogen and oxygen atoms in total. The molecule has 0 aliphatic rings. The van der Waals surface area contributed by atoms with Crippen molar-refractivity contribution in [2.75, 3.05) is 14.2 Å². The Morgan fingerprint density at radius 1 is 1.00 bits per heavy atom. The van der Waals surface area contributed by atoms with Crippen molar-refractivity contribution in [3.8, 4) is 11.5 Å². The van der Waals surface area contributed by atoms with Crippen LogP contribution in [0.25, 0.3) is 0 Å². The van der Waals surface area contributed by atoms with Crippen LogP contribution in [0.1, 0.15) is 16.0 Å². The number of rotatable bonds is 4. The summed E-state index contributed by atoms with van der Waals surface area (Å²) >= 11 is 9.84. The van der Waals surface area contributed by atoms with E-state index in [1.165, 1.54) is 0 Å². The van der Waals surface area contributed by atoms with Gasteiger partial charge in [0.1, 0.15) is 11.5 Å². The van der Waals surface area contributed by atoms with Crippen LogP contribution < -0.4 is 9.47 Å². The maximum absolute atomic E-state index is 6.16. The summed E-state index contributed by atoms with van der Waals surface area (Å²) in [5.74, 6) is 1.52. The first kappa shape index (κ1) is 14.2. The van der Waals surface area contributed by atoms with E-state index in [4.69, 9.17) is 21.1 Å². The molecule has 1 atom stereocenters. The lowest BCUT2D eigenvalue weighted by molar-refractivity contribution is 0.410. The number of benzene rings is 2. The third-order valence-corrected chi connectivity index (χ3v) is 4.20. The molecule has 4 heteroatoms. The summed E-state index contributed by atoms with van der Waals surface area (Å²) < 4.78 is 10.5. The van der Waals surface area contributed by atoms with Gasteiger partial charge in [0.25, 0.3) is 0 Å². The number of hydrogen-bond donors (Lipinski definition) is 0. The minimum Gasteiger partial charge on any atom is -0.496 e. The number of para-hydroxylation sites is 1. The molecule has 0 bridgehead atoms. The van der Waals surface area contributed by atoms with Gasteiger partial charge in [0.2, 0.25) is 0 Å². The highest BCUT2D eigenvalue weighted by Gasteiger charge is 2.16. The van der Waals surface area contributed by atoms with Gasteiger partial charge in [-0.25, -0.2) is 0 Å². The van der Waals surface area contributed by atoms with Crippen LogP contribution >= 0.6 is 27.5 Å². The monoisotopic (exact) mass is 340 g/mol. The largest absolute Gasteiger partial charge is 0.496 e. The number of ether oxygens (including phenoxy) is 2. The van der Waals surface area contributed by atoms with Crippen LogP contribution in [0.2, 0.25) is 5.02 Å². The standard InChI is InChI=1S/C15H14BrClO2/c1-18-13-6-4-3-5-11(13)15(16)10-7-8-14(19-2)12(17)9-10/h3-9,15H,1-2H3. The van der Waals surface area contributed by atoms with E-state index in [-0.39, 0.29) is 4.83 Å². The molecule has 0 aliphatic heterocycles. The summed E-state index contributed by atoms with van der Waals surface area (Å²) in [6.07, 6.45) is 0. The summed E-state index contributed by atoms with van der Waals surface area (Å²) in [7, 11) is 3.27. The summed E-state index contributed by atoms with van der Waals surface area (Å²) in [4.78, 5) is 0.0204. The Bertz CT molecular complexity index is 572. The van der Waals surface area contributed by atoms with Crippen LogP contribution in [-0.4, -0.2) is 14.2 Å². The highest BCUT2D eigenvalue weighted by Crippen LogP contribution is 2.38. The first-order valence-electron chi connectivity index (χ1n) is 5.77. The van der Waals surface area contributed by atoms with Crippen molar-refractivity contribution in [3.05, 3.63) is 58.6 Å². The summed E-state index contributed by atoms with van der Waals surface area (Å²) in [5.41, 5.74) is 2.11. The number of halogens is 2. The molecule has 0 saturated carbocycles. The molecule has 0 N–H and O–H groups in total. The van der Waals surface area contributed by atoms with Gasteiger partial charge >= 0.3 is 0 Å². The van der Waals surface area contributed by atoms with E-state index >= 15 is 0 Å². The van der Waals surface area contributed by atoms with Crippen molar-refractivity contribution in [1.82, 2.24) is 0 Å². The highest BCUT2D eigenvalue weighted by molar-refractivity contribution is 9.09. The minimum absolute atomic E-state index is 0.0204. The van der Waals surface area contributed by atoms with E-state index in [1.807, 2.05) is 42.5 Å². The third-order valence-electron chi connectivity index (χ3n) is 2.88. The van der Waals surface area contributed by atoms with E-state index in [2.05, 4.69) is 15.9 Å². The lowest BCUT2D eigenvalue weighted by atomic mass is 10.0. The van der Waals surface area contributed by atoms with Crippen molar-refractivity contribution >= 4 is 27.5 Å². The number of methoxy groups -OCH3 is 2. The van der Waals surface area contributed by atoms with Gasteiger partial charge in [-0.2, -0.15) is 0 Å². The van der Waals surface area contributed by atoms with Crippen LogP contribution in [-0.2, 0) is 0 Å². The molecule has 2 aromatic rings. The lowest BCUT2D eigenvalue weighted by Gasteiger charge is -2.15. The Kier molecular flexibility index (Phi) is 4.72.